The largest absolute Gasteiger partial charge is 0.480 e. The van der Waals surface area contributed by atoms with Gasteiger partial charge in [0.25, 0.3) is 0 Å². The highest BCUT2D eigenvalue weighted by molar-refractivity contribution is 5.95. The number of hydrogen-bond donors (Lipinski definition) is 1. The molecule has 0 aromatic carbocycles. The Hall–Kier alpha value is -2.70. The third kappa shape index (κ3) is 2.14. The molecule has 22 heavy (non-hydrogen) atoms. The minimum absolute atomic E-state index is 0.200. The van der Waals surface area contributed by atoms with Crippen LogP contribution in [0.15, 0.2) is 18.5 Å². The number of aryl methyl sites for hydroxylation is 2. The van der Waals surface area contributed by atoms with Crippen LogP contribution in [0.25, 0.3) is 22.2 Å². The molecule has 7 heteroatoms. The van der Waals surface area contributed by atoms with E-state index < -0.39 is 5.97 Å². The van der Waals surface area contributed by atoms with Gasteiger partial charge in [-0.3, -0.25) is 9.48 Å². The van der Waals surface area contributed by atoms with E-state index >= 15 is 0 Å². The van der Waals surface area contributed by atoms with Gasteiger partial charge in [-0.25, -0.2) is 9.67 Å². The maximum absolute atomic E-state index is 11.0. The maximum Gasteiger partial charge on any atom is 0.325 e. The van der Waals surface area contributed by atoms with E-state index in [4.69, 9.17) is 5.11 Å². The number of carbonyl (C=O) groups is 1. The Morgan fingerprint density at radius 2 is 2.05 bits per heavy atom. The molecule has 3 heterocycles. The molecule has 0 saturated carbocycles. The van der Waals surface area contributed by atoms with Gasteiger partial charge in [-0.05, 0) is 32.4 Å². The van der Waals surface area contributed by atoms with Crippen molar-refractivity contribution >= 4 is 17.0 Å². The zero-order chi connectivity index (χ0) is 15.9. The van der Waals surface area contributed by atoms with Crippen LogP contribution in [0.5, 0.6) is 0 Å². The second kappa shape index (κ2) is 5.25. The first-order chi connectivity index (χ1) is 10.5. The Labute approximate surface area is 127 Å². The fraction of sp³-hybridized carbons (Fsp3) is 0.333. The first kappa shape index (κ1) is 14.2. The minimum Gasteiger partial charge on any atom is -0.480 e. The van der Waals surface area contributed by atoms with E-state index in [-0.39, 0.29) is 6.54 Å². The second-order valence-electron chi connectivity index (χ2n) is 5.15. The van der Waals surface area contributed by atoms with Crippen molar-refractivity contribution < 1.29 is 9.90 Å². The number of nitrogens with zero attached hydrogens (tertiary/aromatic N) is 5. The third-order valence-electron chi connectivity index (χ3n) is 3.79. The average molecular weight is 299 g/mol. The molecule has 7 nitrogen and oxygen atoms in total. The summed E-state index contributed by atoms with van der Waals surface area (Å²) in [5.74, 6) is -0.938. The molecule has 0 bridgehead atoms. The number of fused-ring (bicyclic) bond motifs is 1. The summed E-state index contributed by atoms with van der Waals surface area (Å²) in [5, 5.41) is 18.6. The number of carboxylic acid groups (broad SMARTS) is 1. The number of rotatable bonds is 4. The molecule has 0 atom stereocenters. The normalized spacial score (nSPS) is 11.2. The SMILES string of the molecule is CCn1ncc(-c2ccnc3c2c(C)nn3CC(=O)O)c1C. The van der Waals surface area contributed by atoms with Gasteiger partial charge in [-0.15, -0.1) is 0 Å². The van der Waals surface area contributed by atoms with Crippen LogP contribution in [0.1, 0.15) is 18.3 Å². The van der Waals surface area contributed by atoms with Gasteiger partial charge in [0, 0.05) is 29.4 Å². The molecule has 3 aromatic heterocycles. The average Bonchev–Trinajstić information content (AvgIpc) is 2.99. The lowest BCUT2D eigenvalue weighted by Crippen LogP contribution is -2.10. The van der Waals surface area contributed by atoms with Crippen LogP contribution >= 0.6 is 0 Å². The number of carboxylic acids is 1. The molecule has 3 rings (SSSR count). The van der Waals surface area contributed by atoms with Gasteiger partial charge >= 0.3 is 5.97 Å². The fourth-order valence-corrected chi connectivity index (χ4v) is 2.77. The van der Waals surface area contributed by atoms with Crippen LogP contribution in [0, 0.1) is 13.8 Å². The smallest absolute Gasteiger partial charge is 0.325 e. The standard InChI is InChI=1S/C15H17N5O2/c1-4-19-10(3)12(7-17-19)11-5-6-16-15-14(11)9(2)18-20(15)8-13(21)22/h5-7H,4,8H2,1-3H3,(H,21,22). The summed E-state index contributed by atoms with van der Waals surface area (Å²) in [7, 11) is 0. The molecular weight excluding hydrogens is 282 g/mol. The van der Waals surface area contributed by atoms with E-state index in [9.17, 15) is 4.79 Å². The summed E-state index contributed by atoms with van der Waals surface area (Å²) in [5.41, 5.74) is 4.42. The first-order valence-corrected chi connectivity index (χ1v) is 7.09. The lowest BCUT2D eigenvalue weighted by molar-refractivity contribution is -0.137. The predicted molar refractivity (Wildman–Crippen MR) is 81.5 cm³/mol. The summed E-state index contributed by atoms with van der Waals surface area (Å²) in [6.45, 7) is 6.54. The predicted octanol–water partition coefficient (Wildman–Crippen LogP) is 2.02. The van der Waals surface area contributed by atoms with Crippen molar-refractivity contribution in [2.24, 2.45) is 0 Å². The van der Waals surface area contributed by atoms with Crippen molar-refractivity contribution in [3.05, 3.63) is 29.8 Å². The molecule has 0 aliphatic heterocycles. The summed E-state index contributed by atoms with van der Waals surface area (Å²) >= 11 is 0. The minimum atomic E-state index is -0.938. The molecule has 0 radical (unpaired) electrons. The molecule has 0 amide bonds. The highest BCUT2D eigenvalue weighted by atomic mass is 16.4. The molecule has 3 aromatic rings. The van der Waals surface area contributed by atoms with E-state index in [1.54, 1.807) is 6.20 Å². The van der Waals surface area contributed by atoms with Crippen molar-refractivity contribution in [3.63, 3.8) is 0 Å². The number of aromatic nitrogens is 5. The summed E-state index contributed by atoms with van der Waals surface area (Å²) in [6, 6.07) is 1.92. The molecule has 0 saturated heterocycles. The van der Waals surface area contributed by atoms with Crippen molar-refractivity contribution in [1.29, 1.82) is 0 Å². The molecule has 0 aliphatic carbocycles. The summed E-state index contributed by atoms with van der Waals surface area (Å²) in [6.07, 6.45) is 3.52. The Morgan fingerprint density at radius 1 is 1.27 bits per heavy atom. The third-order valence-corrected chi connectivity index (χ3v) is 3.79. The van der Waals surface area contributed by atoms with Crippen LogP contribution in [-0.4, -0.2) is 35.6 Å². The lowest BCUT2D eigenvalue weighted by atomic mass is 10.0. The van der Waals surface area contributed by atoms with E-state index in [1.807, 2.05) is 37.7 Å². The maximum atomic E-state index is 11.0. The fourth-order valence-electron chi connectivity index (χ4n) is 2.77. The van der Waals surface area contributed by atoms with Gasteiger partial charge < -0.3 is 5.11 Å². The van der Waals surface area contributed by atoms with E-state index in [2.05, 4.69) is 15.2 Å². The Kier molecular flexibility index (Phi) is 3.40. The quantitative estimate of drug-likeness (QED) is 0.796. The van der Waals surface area contributed by atoms with Gasteiger partial charge in [0.05, 0.1) is 11.9 Å². The van der Waals surface area contributed by atoms with Crippen LogP contribution < -0.4 is 0 Å². The van der Waals surface area contributed by atoms with Gasteiger partial charge in [0.15, 0.2) is 5.65 Å². The van der Waals surface area contributed by atoms with Crippen molar-refractivity contribution in [2.75, 3.05) is 0 Å². The highest BCUT2D eigenvalue weighted by Crippen LogP contribution is 2.31. The topological polar surface area (TPSA) is 85.8 Å². The summed E-state index contributed by atoms with van der Waals surface area (Å²) < 4.78 is 3.36. The first-order valence-electron chi connectivity index (χ1n) is 7.09. The molecule has 0 spiro atoms. The van der Waals surface area contributed by atoms with Crippen molar-refractivity contribution in [2.45, 2.75) is 33.9 Å². The molecule has 1 N–H and O–H groups in total. The second-order valence-corrected chi connectivity index (χ2v) is 5.15. The number of aliphatic carboxylic acids is 1. The zero-order valence-corrected chi connectivity index (χ0v) is 12.7. The van der Waals surface area contributed by atoms with E-state index in [0.717, 1.165) is 34.4 Å². The summed E-state index contributed by atoms with van der Waals surface area (Å²) in [4.78, 5) is 15.3. The molecule has 114 valence electrons. The van der Waals surface area contributed by atoms with E-state index in [0.29, 0.717) is 5.65 Å². The molecule has 0 fully saturated rings. The van der Waals surface area contributed by atoms with Crippen LogP contribution in [0.3, 0.4) is 0 Å². The zero-order valence-electron chi connectivity index (χ0n) is 12.7. The van der Waals surface area contributed by atoms with Crippen LogP contribution in [0.2, 0.25) is 0 Å². The monoisotopic (exact) mass is 299 g/mol. The van der Waals surface area contributed by atoms with Crippen molar-refractivity contribution in [1.82, 2.24) is 24.5 Å². The number of pyridine rings is 1. The molecule has 0 unspecified atom stereocenters. The van der Waals surface area contributed by atoms with E-state index in [1.165, 1.54) is 4.68 Å². The van der Waals surface area contributed by atoms with Crippen LogP contribution in [0.4, 0.5) is 0 Å². The molecular formula is C15H17N5O2. The number of hydrogen-bond acceptors (Lipinski definition) is 4. The van der Waals surface area contributed by atoms with Crippen LogP contribution in [-0.2, 0) is 17.9 Å². The Bertz CT molecular complexity index is 862. The van der Waals surface area contributed by atoms with Gasteiger partial charge in [-0.1, -0.05) is 0 Å². The van der Waals surface area contributed by atoms with Gasteiger partial charge in [0.1, 0.15) is 6.54 Å². The van der Waals surface area contributed by atoms with Gasteiger partial charge in [-0.2, -0.15) is 10.2 Å². The highest BCUT2D eigenvalue weighted by Gasteiger charge is 2.17. The van der Waals surface area contributed by atoms with Crippen molar-refractivity contribution in [3.8, 4) is 11.1 Å². The molecule has 0 aliphatic rings. The van der Waals surface area contributed by atoms with Gasteiger partial charge in [0.2, 0.25) is 0 Å². The lowest BCUT2D eigenvalue weighted by Gasteiger charge is -2.05. The Morgan fingerprint density at radius 3 is 2.68 bits per heavy atom. The Balaban J connectivity index is 2.24.